The van der Waals surface area contributed by atoms with Crippen LogP contribution in [-0.4, -0.2) is 17.3 Å². The van der Waals surface area contributed by atoms with Crippen molar-refractivity contribution in [2.45, 2.75) is 45.7 Å². The Labute approximate surface area is 105 Å². The van der Waals surface area contributed by atoms with Gasteiger partial charge < -0.3 is 10.4 Å². The Kier molecular flexibility index (Phi) is 5.66. The molecule has 0 aliphatic heterocycles. The van der Waals surface area contributed by atoms with Crippen LogP contribution in [0.2, 0.25) is 0 Å². The van der Waals surface area contributed by atoms with E-state index in [1.165, 1.54) is 5.56 Å². The van der Waals surface area contributed by atoms with Crippen molar-refractivity contribution < 1.29 is 5.11 Å². The maximum absolute atomic E-state index is 9.51. The first-order chi connectivity index (χ1) is 8.06. The van der Waals surface area contributed by atoms with Gasteiger partial charge in [0.05, 0.1) is 6.61 Å². The molecule has 2 nitrogen and oxygen atoms in total. The van der Waals surface area contributed by atoms with Gasteiger partial charge in [0.15, 0.2) is 0 Å². The lowest BCUT2D eigenvalue weighted by atomic mass is 9.92. The molecule has 1 rings (SSSR count). The summed E-state index contributed by atoms with van der Waals surface area (Å²) in [6.07, 6.45) is 2.15. The molecule has 0 heterocycles. The standard InChI is InChI=1S/C15H25NO/c1-13(2)9-10-15(3,12-17)16-11-14-7-5-4-6-8-14/h4-8,13,16-17H,9-12H2,1-3H3. The maximum atomic E-state index is 9.51. The summed E-state index contributed by atoms with van der Waals surface area (Å²) in [5.74, 6) is 0.680. The van der Waals surface area contributed by atoms with E-state index in [0.29, 0.717) is 5.92 Å². The summed E-state index contributed by atoms with van der Waals surface area (Å²) in [5, 5.41) is 13.0. The molecule has 0 saturated heterocycles. The largest absolute Gasteiger partial charge is 0.394 e. The molecule has 2 heteroatoms. The fourth-order valence-corrected chi connectivity index (χ4v) is 1.74. The second-order valence-electron chi connectivity index (χ2n) is 5.49. The van der Waals surface area contributed by atoms with Crippen molar-refractivity contribution >= 4 is 0 Å². The van der Waals surface area contributed by atoms with E-state index in [2.05, 4.69) is 38.2 Å². The van der Waals surface area contributed by atoms with Crippen LogP contribution in [0.4, 0.5) is 0 Å². The Morgan fingerprint density at radius 2 is 1.88 bits per heavy atom. The average Bonchev–Trinajstić information content (AvgIpc) is 2.35. The van der Waals surface area contributed by atoms with E-state index in [4.69, 9.17) is 0 Å². The normalized spacial score (nSPS) is 14.9. The number of benzene rings is 1. The van der Waals surface area contributed by atoms with E-state index in [1.807, 2.05) is 18.2 Å². The lowest BCUT2D eigenvalue weighted by Gasteiger charge is -2.29. The van der Waals surface area contributed by atoms with Crippen molar-refractivity contribution in [2.75, 3.05) is 6.61 Å². The minimum Gasteiger partial charge on any atom is -0.394 e. The molecular formula is C15H25NO. The van der Waals surface area contributed by atoms with E-state index >= 15 is 0 Å². The molecule has 96 valence electrons. The van der Waals surface area contributed by atoms with Crippen LogP contribution in [0, 0.1) is 5.92 Å². The number of hydrogen-bond donors (Lipinski definition) is 2. The molecule has 0 aromatic heterocycles. The van der Waals surface area contributed by atoms with Gasteiger partial charge in [-0.1, -0.05) is 44.2 Å². The van der Waals surface area contributed by atoms with Gasteiger partial charge in [0.2, 0.25) is 0 Å². The molecule has 0 amide bonds. The highest BCUT2D eigenvalue weighted by molar-refractivity contribution is 5.14. The van der Waals surface area contributed by atoms with E-state index in [1.54, 1.807) is 0 Å². The SMILES string of the molecule is CC(C)CCC(C)(CO)NCc1ccccc1. The van der Waals surface area contributed by atoms with Crippen LogP contribution in [-0.2, 0) is 6.54 Å². The smallest absolute Gasteiger partial charge is 0.0610 e. The Morgan fingerprint density at radius 3 is 2.41 bits per heavy atom. The van der Waals surface area contributed by atoms with Crippen LogP contribution >= 0.6 is 0 Å². The summed E-state index contributed by atoms with van der Waals surface area (Å²) < 4.78 is 0. The minimum absolute atomic E-state index is 0.167. The minimum atomic E-state index is -0.167. The van der Waals surface area contributed by atoms with E-state index in [-0.39, 0.29) is 12.1 Å². The molecular weight excluding hydrogens is 210 g/mol. The number of nitrogens with one attached hydrogen (secondary N) is 1. The molecule has 2 N–H and O–H groups in total. The van der Waals surface area contributed by atoms with Crippen molar-refractivity contribution in [3.05, 3.63) is 35.9 Å². The molecule has 1 aromatic rings. The number of hydrogen-bond acceptors (Lipinski definition) is 2. The zero-order valence-electron chi connectivity index (χ0n) is 11.2. The predicted octanol–water partition coefficient (Wildman–Crippen LogP) is 2.96. The Balaban J connectivity index is 2.45. The van der Waals surface area contributed by atoms with Crippen LogP contribution in [0.25, 0.3) is 0 Å². The summed E-state index contributed by atoms with van der Waals surface area (Å²) in [4.78, 5) is 0. The number of aliphatic hydroxyl groups is 1. The quantitative estimate of drug-likeness (QED) is 0.761. The molecule has 1 atom stereocenters. The van der Waals surface area contributed by atoms with Crippen LogP contribution in [0.1, 0.15) is 39.2 Å². The maximum Gasteiger partial charge on any atom is 0.0610 e. The van der Waals surface area contributed by atoms with Gasteiger partial charge in [-0.2, -0.15) is 0 Å². The van der Waals surface area contributed by atoms with Crippen molar-refractivity contribution in [3.63, 3.8) is 0 Å². The van der Waals surface area contributed by atoms with Gasteiger partial charge in [0, 0.05) is 12.1 Å². The first-order valence-electron chi connectivity index (χ1n) is 6.45. The van der Waals surface area contributed by atoms with Crippen LogP contribution in [0.15, 0.2) is 30.3 Å². The highest BCUT2D eigenvalue weighted by atomic mass is 16.3. The van der Waals surface area contributed by atoms with Gasteiger partial charge in [0.1, 0.15) is 0 Å². The van der Waals surface area contributed by atoms with E-state index in [9.17, 15) is 5.11 Å². The summed E-state index contributed by atoms with van der Waals surface area (Å²) in [6, 6.07) is 10.3. The molecule has 0 fully saturated rings. The van der Waals surface area contributed by atoms with Crippen LogP contribution < -0.4 is 5.32 Å². The van der Waals surface area contributed by atoms with E-state index < -0.39 is 0 Å². The van der Waals surface area contributed by atoms with Gasteiger partial charge in [-0.15, -0.1) is 0 Å². The predicted molar refractivity (Wildman–Crippen MR) is 72.8 cm³/mol. The summed E-state index contributed by atoms with van der Waals surface area (Å²) in [7, 11) is 0. The van der Waals surface area contributed by atoms with Crippen molar-refractivity contribution in [3.8, 4) is 0 Å². The highest BCUT2D eigenvalue weighted by Crippen LogP contribution is 2.16. The lowest BCUT2D eigenvalue weighted by molar-refractivity contribution is 0.158. The molecule has 0 spiro atoms. The average molecular weight is 235 g/mol. The molecule has 0 bridgehead atoms. The molecule has 1 aromatic carbocycles. The highest BCUT2D eigenvalue weighted by Gasteiger charge is 2.22. The third kappa shape index (κ3) is 5.33. The summed E-state index contributed by atoms with van der Waals surface area (Å²) in [5.41, 5.74) is 1.09. The number of rotatable bonds is 7. The van der Waals surface area contributed by atoms with Gasteiger partial charge in [-0.05, 0) is 31.2 Å². The zero-order chi connectivity index (χ0) is 12.7. The first-order valence-corrected chi connectivity index (χ1v) is 6.45. The van der Waals surface area contributed by atoms with Crippen LogP contribution in [0.3, 0.4) is 0 Å². The zero-order valence-corrected chi connectivity index (χ0v) is 11.2. The fourth-order valence-electron chi connectivity index (χ4n) is 1.74. The lowest BCUT2D eigenvalue weighted by Crippen LogP contribution is -2.45. The second kappa shape index (κ2) is 6.77. The molecule has 0 aliphatic carbocycles. The summed E-state index contributed by atoms with van der Waals surface area (Å²) >= 11 is 0. The molecule has 0 aliphatic rings. The molecule has 0 radical (unpaired) electrons. The Hall–Kier alpha value is -0.860. The Morgan fingerprint density at radius 1 is 1.24 bits per heavy atom. The van der Waals surface area contributed by atoms with Crippen molar-refractivity contribution in [2.24, 2.45) is 5.92 Å². The van der Waals surface area contributed by atoms with Gasteiger partial charge in [-0.3, -0.25) is 0 Å². The van der Waals surface area contributed by atoms with Crippen LogP contribution in [0.5, 0.6) is 0 Å². The van der Waals surface area contributed by atoms with Gasteiger partial charge in [0.25, 0.3) is 0 Å². The first kappa shape index (κ1) is 14.2. The van der Waals surface area contributed by atoms with Gasteiger partial charge >= 0.3 is 0 Å². The topological polar surface area (TPSA) is 32.3 Å². The fraction of sp³-hybridized carbons (Fsp3) is 0.600. The second-order valence-corrected chi connectivity index (χ2v) is 5.49. The van der Waals surface area contributed by atoms with E-state index in [0.717, 1.165) is 19.4 Å². The third-order valence-electron chi connectivity index (χ3n) is 3.18. The molecule has 17 heavy (non-hydrogen) atoms. The van der Waals surface area contributed by atoms with Crippen molar-refractivity contribution in [1.82, 2.24) is 5.32 Å². The van der Waals surface area contributed by atoms with Gasteiger partial charge in [-0.25, -0.2) is 0 Å². The molecule has 0 saturated carbocycles. The summed E-state index contributed by atoms with van der Waals surface area (Å²) in [6.45, 7) is 7.53. The van der Waals surface area contributed by atoms with Crippen molar-refractivity contribution in [1.29, 1.82) is 0 Å². The third-order valence-corrected chi connectivity index (χ3v) is 3.18. The Bertz CT molecular complexity index is 310. The molecule has 1 unspecified atom stereocenters. The monoisotopic (exact) mass is 235 g/mol. The number of aliphatic hydroxyl groups excluding tert-OH is 1.